The van der Waals surface area contributed by atoms with E-state index in [0.717, 1.165) is 11.3 Å². The Hall–Kier alpha value is -3.00. The van der Waals surface area contributed by atoms with Gasteiger partial charge in [-0.15, -0.1) is 0 Å². The minimum atomic E-state index is -0.323. The van der Waals surface area contributed by atoms with Gasteiger partial charge in [0.1, 0.15) is 11.6 Å². The third kappa shape index (κ3) is 5.04. The molecule has 0 saturated carbocycles. The van der Waals surface area contributed by atoms with Crippen LogP contribution in [0.25, 0.3) is 11.4 Å². The molecule has 2 aromatic carbocycles. The van der Waals surface area contributed by atoms with E-state index in [1.807, 2.05) is 31.2 Å². The monoisotopic (exact) mass is 400 g/mol. The van der Waals surface area contributed by atoms with E-state index in [1.54, 1.807) is 16.7 Å². The summed E-state index contributed by atoms with van der Waals surface area (Å²) < 4.78 is 20.9. The summed E-state index contributed by atoms with van der Waals surface area (Å²) in [4.78, 5) is 12.2. The van der Waals surface area contributed by atoms with Gasteiger partial charge in [0.05, 0.1) is 6.61 Å². The molecule has 3 rings (SSSR count). The molecule has 0 fully saturated rings. The van der Waals surface area contributed by atoms with E-state index in [1.165, 1.54) is 12.1 Å². The molecule has 0 atom stereocenters. The number of benzene rings is 2. The van der Waals surface area contributed by atoms with Gasteiger partial charge in [-0.05, 0) is 61.1 Å². The van der Waals surface area contributed by atoms with E-state index < -0.39 is 0 Å². The van der Waals surface area contributed by atoms with Gasteiger partial charge in [0.15, 0.2) is 10.6 Å². The number of ether oxygens (including phenoxy) is 1. The van der Waals surface area contributed by atoms with Crippen molar-refractivity contribution in [2.24, 2.45) is 0 Å². The second-order valence-electron chi connectivity index (χ2n) is 6.12. The molecule has 6 nitrogen and oxygen atoms in total. The van der Waals surface area contributed by atoms with Crippen LogP contribution in [0.2, 0.25) is 0 Å². The Morgan fingerprint density at radius 3 is 2.79 bits per heavy atom. The van der Waals surface area contributed by atoms with E-state index in [2.05, 4.69) is 15.5 Å². The van der Waals surface area contributed by atoms with Crippen molar-refractivity contribution >= 4 is 18.1 Å². The van der Waals surface area contributed by atoms with Crippen molar-refractivity contribution in [3.8, 4) is 17.1 Å². The van der Waals surface area contributed by atoms with Crippen LogP contribution in [-0.2, 0) is 17.9 Å². The van der Waals surface area contributed by atoms with E-state index in [4.69, 9.17) is 17.0 Å². The lowest BCUT2D eigenvalue weighted by atomic mass is 10.2. The molecule has 28 heavy (non-hydrogen) atoms. The molecule has 2 N–H and O–H groups in total. The van der Waals surface area contributed by atoms with Crippen molar-refractivity contribution in [2.75, 3.05) is 6.61 Å². The lowest BCUT2D eigenvalue weighted by molar-refractivity contribution is -0.121. The second-order valence-corrected chi connectivity index (χ2v) is 6.50. The highest BCUT2D eigenvalue weighted by Crippen LogP contribution is 2.21. The van der Waals surface area contributed by atoms with Gasteiger partial charge in [-0.1, -0.05) is 12.1 Å². The first-order chi connectivity index (χ1) is 13.6. The predicted molar refractivity (Wildman–Crippen MR) is 107 cm³/mol. The molecule has 8 heteroatoms. The molecule has 0 aliphatic carbocycles. The Kier molecular flexibility index (Phi) is 6.54. The standard InChI is InChI=1S/C20H21FN4O2S/c1-2-27-17-8-6-15(7-9-17)19-23-24-20(28)25(19)11-10-18(26)22-13-14-4-3-5-16(21)12-14/h3-9,12H,2,10-11,13H2,1H3,(H,22,26)(H,24,28). The van der Waals surface area contributed by atoms with E-state index in [-0.39, 0.29) is 24.7 Å². The summed E-state index contributed by atoms with van der Waals surface area (Å²) in [5, 5.41) is 9.84. The zero-order valence-electron chi connectivity index (χ0n) is 15.4. The SMILES string of the molecule is CCOc1ccc(-c2n[nH]c(=S)n2CCC(=O)NCc2cccc(F)c2)cc1. The molecular weight excluding hydrogens is 379 g/mol. The van der Waals surface area contributed by atoms with E-state index in [0.29, 0.717) is 29.3 Å². The number of nitrogens with one attached hydrogen (secondary N) is 2. The van der Waals surface area contributed by atoms with Gasteiger partial charge in [0.25, 0.3) is 0 Å². The van der Waals surface area contributed by atoms with Crippen LogP contribution < -0.4 is 10.1 Å². The average Bonchev–Trinajstić information content (AvgIpc) is 3.06. The lowest BCUT2D eigenvalue weighted by Gasteiger charge is -2.09. The summed E-state index contributed by atoms with van der Waals surface area (Å²) in [5.74, 6) is 0.969. The van der Waals surface area contributed by atoms with Crippen molar-refractivity contribution < 1.29 is 13.9 Å². The Labute approximate surface area is 167 Å². The Morgan fingerprint density at radius 2 is 2.07 bits per heavy atom. The molecular formula is C20H21FN4O2S. The highest BCUT2D eigenvalue weighted by Gasteiger charge is 2.11. The maximum atomic E-state index is 13.2. The average molecular weight is 400 g/mol. The lowest BCUT2D eigenvalue weighted by Crippen LogP contribution is -2.24. The van der Waals surface area contributed by atoms with Crippen molar-refractivity contribution in [3.63, 3.8) is 0 Å². The van der Waals surface area contributed by atoms with Crippen LogP contribution in [0.5, 0.6) is 5.75 Å². The van der Waals surface area contributed by atoms with Crippen LogP contribution in [0.1, 0.15) is 18.9 Å². The summed E-state index contributed by atoms with van der Waals surface area (Å²) >= 11 is 5.29. The van der Waals surface area contributed by atoms with Crippen LogP contribution in [0.4, 0.5) is 4.39 Å². The van der Waals surface area contributed by atoms with Crippen molar-refractivity contribution in [1.82, 2.24) is 20.1 Å². The Balaban J connectivity index is 1.62. The number of H-pyrrole nitrogens is 1. The maximum Gasteiger partial charge on any atom is 0.222 e. The number of aromatic nitrogens is 3. The summed E-state index contributed by atoms with van der Waals surface area (Å²) in [7, 11) is 0. The van der Waals surface area contributed by atoms with Gasteiger partial charge in [-0.25, -0.2) is 4.39 Å². The summed E-state index contributed by atoms with van der Waals surface area (Å²) in [5.41, 5.74) is 1.58. The maximum absolute atomic E-state index is 13.2. The number of amides is 1. The normalized spacial score (nSPS) is 10.6. The smallest absolute Gasteiger partial charge is 0.222 e. The fourth-order valence-corrected chi connectivity index (χ4v) is 2.99. The number of aromatic amines is 1. The van der Waals surface area contributed by atoms with Crippen LogP contribution in [0.3, 0.4) is 0 Å². The molecule has 0 bridgehead atoms. The van der Waals surface area contributed by atoms with Crippen molar-refractivity contribution in [1.29, 1.82) is 0 Å². The molecule has 0 saturated heterocycles. The molecule has 0 aliphatic heterocycles. The molecule has 146 valence electrons. The Bertz CT molecular complexity index is 998. The quantitative estimate of drug-likeness (QED) is 0.564. The molecule has 1 aromatic heterocycles. The summed E-state index contributed by atoms with van der Waals surface area (Å²) in [6.45, 7) is 3.19. The first-order valence-corrected chi connectivity index (χ1v) is 9.37. The number of nitrogens with zero attached hydrogens (tertiary/aromatic N) is 2. The highest BCUT2D eigenvalue weighted by molar-refractivity contribution is 7.71. The molecule has 0 aliphatic rings. The predicted octanol–water partition coefficient (Wildman–Crippen LogP) is 3.85. The number of hydrogen-bond donors (Lipinski definition) is 2. The largest absolute Gasteiger partial charge is 0.494 e. The molecule has 0 spiro atoms. The van der Waals surface area contributed by atoms with Crippen LogP contribution in [0, 0.1) is 10.6 Å². The zero-order valence-corrected chi connectivity index (χ0v) is 16.3. The molecule has 3 aromatic rings. The van der Waals surface area contributed by atoms with Gasteiger partial charge >= 0.3 is 0 Å². The minimum absolute atomic E-state index is 0.148. The highest BCUT2D eigenvalue weighted by atomic mass is 32.1. The van der Waals surface area contributed by atoms with E-state index >= 15 is 0 Å². The summed E-state index contributed by atoms with van der Waals surface area (Å²) in [6.07, 6.45) is 0.229. The topological polar surface area (TPSA) is 71.9 Å². The second kappa shape index (κ2) is 9.27. The number of carbonyl (C=O) groups excluding carboxylic acids is 1. The van der Waals surface area contributed by atoms with Crippen LogP contribution >= 0.6 is 12.2 Å². The Morgan fingerprint density at radius 1 is 1.29 bits per heavy atom. The van der Waals surface area contributed by atoms with Crippen molar-refractivity contribution in [3.05, 3.63) is 64.7 Å². The van der Waals surface area contributed by atoms with Crippen LogP contribution in [-0.4, -0.2) is 27.3 Å². The fourth-order valence-electron chi connectivity index (χ4n) is 2.76. The zero-order chi connectivity index (χ0) is 19.9. The number of rotatable bonds is 8. The van der Waals surface area contributed by atoms with Gasteiger partial charge in [-0.2, -0.15) is 5.10 Å². The van der Waals surface area contributed by atoms with Gasteiger partial charge in [0, 0.05) is 25.1 Å². The van der Waals surface area contributed by atoms with Crippen molar-refractivity contribution in [2.45, 2.75) is 26.4 Å². The van der Waals surface area contributed by atoms with Crippen LogP contribution in [0.15, 0.2) is 48.5 Å². The fraction of sp³-hybridized carbons (Fsp3) is 0.250. The van der Waals surface area contributed by atoms with Gasteiger partial charge in [0.2, 0.25) is 5.91 Å². The third-order valence-corrected chi connectivity index (χ3v) is 4.43. The first kappa shape index (κ1) is 19.8. The van der Waals surface area contributed by atoms with E-state index in [9.17, 15) is 9.18 Å². The van der Waals surface area contributed by atoms with Gasteiger partial charge < -0.3 is 10.1 Å². The third-order valence-electron chi connectivity index (χ3n) is 4.12. The molecule has 0 unspecified atom stereocenters. The van der Waals surface area contributed by atoms with Gasteiger partial charge in [-0.3, -0.25) is 14.5 Å². The first-order valence-electron chi connectivity index (χ1n) is 8.96. The minimum Gasteiger partial charge on any atom is -0.494 e. The molecule has 0 radical (unpaired) electrons. The summed E-state index contributed by atoms with van der Waals surface area (Å²) in [6, 6.07) is 13.7. The number of halogens is 1. The molecule has 1 heterocycles. The molecule has 1 amide bonds. The number of carbonyl (C=O) groups is 1. The number of hydrogen-bond acceptors (Lipinski definition) is 4.